The van der Waals surface area contributed by atoms with Crippen LogP contribution in [0.2, 0.25) is 0 Å². The first-order valence-corrected chi connectivity index (χ1v) is 24.0. The predicted molar refractivity (Wildman–Crippen MR) is 228 cm³/mol. The maximum absolute atomic E-state index is 13.1. The molecule has 3 aliphatic heterocycles. The number of rotatable bonds is 9. The normalized spacial score (nSPS) is 53.0. The number of aliphatic hydroxyl groups is 7. The molecule has 0 spiro atoms. The molecule has 0 amide bonds. The first-order valence-electron chi connectivity index (χ1n) is 24.0. The molecule has 4 saturated carbocycles. The lowest BCUT2D eigenvalue weighted by Gasteiger charge is -2.71. The second-order valence-corrected chi connectivity index (χ2v) is 23.0. The highest BCUT2D eigenvalue weighted by molar-refractivity contribution is 5.76. The second-order valence-electron chi connectivity index (χ2n) is 23.0. The number of carboxylic acid groups (broad SMARTS) is 1. The maximum atomic E-state index is 13.1. The summed E-state index contributed by atoms with van der Waals surface area (Å²) in [5, 5.41) is 88.5. The fourth-order valence-electron chi connectivity index (χ4n) is 14.8. The van der Waals surface area contributed by atoms with Crippen LogP contribution in [-0.4, -0.2) is 159 Å². The minimum Gasteiger partial charge on any atom is -0.481 e. The Morgan fingerprint density at radius 2 is 1.42 bits per heavy atom. The van der Waals surface area contributed by atoms with E-state index in [1.807, 2.05) is 0 Å². The van der Waals surface area contributed by atoms with Gasteiger partial charge >= 0.3 is 11.9 Å². The maximum Gasteiger partial charge on any atom is 0.310 e. The first kappa shape index (κ1) is 49.6. The molecule has 0 aromatic heterocycles. The van der Waals surface area contributed by atoms with Crippen LogP contribution in [0.5, 0.6) is 0 Å². The van der Waals surface area contributed by atoms with Gasteiger partial charge in [-0.25, -0.2) is 0 Å². The molecule has 0 bridgehead atoms. The number of aliphatic carboxylic acids is 1. The third-order valence-electron chi connectivity index (χ3n) is 19.0. The number of carbonyl (C=O) groups excluding carboxylic acids is 1. The van der Waals surface area contributed by atoms with E-state index in [1.54, 1.807) is 0 Å². The van der Waals surface area contributed by atoms with E-state index in [0.717, 1.165) is 51.9 Å². The zero-order chi connectivity index (χ0) is 47.4. The highest BCUT2D eigenvalue weighted by Crippen LogP contribution is 2.76. The quantitative estimate of drug-likeness (QED) is 0.0939. The summed E-state index contributed by atoms with van der Waals surface area (Å²) in [7, 11) is 0. The molecule has 0 aromatic rings. The summed E-state index contributed by atoms with van der Waals surface area (Å²) in [5.74, 6) is -1.06. The van der Waals surface area contributed by atoms with Crippen LogP contribution in [0, 0.1) is 50.2 Å². The lowest BCUT2D eigenvalue weighted by Crippen LogP contribution is -2.67. The number of hydrogen-bond donors (Lipinski definition) is 8. The predicted octanol–water partition coefficient (Wildman–Crippen LogP) is 2.56. The van der Waals surface area contributed by atoms with Crippen molar-refractivity contribution in [2.45, 2.75) is 206 Å². The summed E-state index contributed by atoms with van der Waals surface area (Å²) in [4.78, 5) is 24.6. The van der Waals surface area contributed by atoms with Crippen LogP contribution in [0.4, 0.5) is 0 Å². The SMILES string of the molecule is CC(=O)O[C@@H]1CO[C@@H](O[C@@H]2[C@@H](O)[C@H](C)O[C@@H](O[C@H]3[C@H](O[C@H]4CC[C@@]5(C)[C@@H](CC[C@]6(C)[C@@H]5CC=C5[C@H]7CC(C)(C)CC[C@]7(C(=O)O)CC[C@]56C)[C@]4(C)CO)OC[C@H](O)[C@@H]3O)[C@@H]2O)[C@H](O)[C@H]1O. The van der Waals surface area contributed by atoms with Gasteiger partial charge in [0.05, 0.1) is 37.4 Å². The van der Waals surface area contributed by atoms with Gasteiger partial charge in [0, 0.05) is 12.3 Å². The number of ether oxygens (including phenoxy) is 7. The molecule has 0 unspecified atom stereocenters. The van der Waals surface area contributed by atoms with E-state index in [9.17, 15) is 50.4 Å². The average Bonchev–Trinajstić information content (AvgIpc) is 3.24. The van der Waals surface area contributed by atoms with Gasteiger partial charge in [-0.15, -0.1) is 0 Å². The summed E-state index contributed by atoms with van der Waals surface area (Å²) >= 11 is 0. The summed E-state index contributed by atoms with van der Waals surface area (Å²) in [6, 6.07) is 0. The summed E-state index contributed by atoms with van der Waals surface area (Å²) in [6.45, 7) is 15.7. The van der Waals surface area contributed by atoms with Gasteiger partial charge in [-0.3, -0.25) is 9.59 Å². The van der Waals surface area contributed by atoms with E-state index in [0.29, 0.717) is 19.3 Å². The van der Waals surface area contributed by atoms with Gasteiger partial charge in [0.25, 0.3) is 0 Å². The molecular weight excluding hydrogens is 849 g/mol. The largest absolute Gasteiger partial charge is 0.481 e. The van der Waals surface area contributed by atoms with E-state index >= 15 is 0 Å². The second kappa shape index (κ2) is 17.5. The molecule has 22 atom stereocenters. The number of hydrogen-bond acceptors (Lipinski definition) is 16. The van der Waals surface area contributed by atoms with Gasteiger partial charge in [-0.2, -0.15) is 0 Å². The Morgan fingerprint density at radius 3 is 2.09 bits per heavy atom. The van der Waals surface area contributed by atoms with Crippen molar-refractivity contribution in [3.63, 3.8) is 0 Å². The van der Waals surface area contributed by atoms with Crippen molar-refractivity contribution in [1.82, 2.24) is 0 Å². The number of aliphatic hydroxyl groups excluding tert-OH is 7. The highest BCUT2D eigenvalue weighted by Gasteiger charge is 2.70. The fourth-order valence-corrected chi connectivity index (χ4v) is 14.8. The average molecular weight is 925 g/mol. The minimum absolute atomic E-state index is 0.000155. The standard InChI is InChI=1S/C48H76O17/c1-23-32(52)37(64-39-35(55)34(54)28(21-60-39)62-24(2)50)36(56)40(61-23)65-38-33(53)27(51)20-59-41(38)63-31-12-13-44(5)29(45(31,6)22-49)11-14-47(8)30(44)10-9-25-26-19-43(3,4)15-17-48(26,42(57)58)18-16-46(25,47)7/h9,23,26-41,49,51-56H,10-22H2,1-8H3,(H,57,58)/t23-,26+,27-,28+,29+,30+,31-,32-,33-,34-,35+,36+,37+,38+,39-,40-,41-,44-,45-,46+,47+,48-/m0/s1. The zero-order valence-corrected chi connectivity index (χ0v) is 39.3. The van der Waals surface area contributed by atoms with Gasteiger partial charge in [0.15, 0.2) is 25.0 Å². The van der Waals surface area contributed by atoms with Crippen LogP contribution in [0.25, 0.3) is 0 Å². The molecule has 370 valence electrons. The number of carboxylic acids is 1. The van der Waals surface area contributed by atoms with Gasteiger partial charge in [-0.05, 0) is 111 Å². The Labute approximate surface area is 382 Å². The molecule has 5 aliphatic carbocycles. The molecule has 8 N–H and O–H groups in total. The van der Waals surface area contributed by atoms with Crippen molar-refractivity contribution in [2.24, 2.45) is 50.2 Å². The Balaban J connectivity index is 1.00. The number of allylic oxidation sites excluding steroid dienone is 2. The zero-order valence-electron chi connectivity index (χ0n) is 39.3. The third kappa shape index (κ3) is 7.96. The van der Waals surface area contributed by atoms with Crippen LogP contribution in [0.1, 0.15) is 120 Å². The fraction of sp³-hybridized carbons (Fsp3) is 0.917. The van der Waals surface area contributed by atoms with Crippen molar-refractivity contribution in [3.8, 4) is 0 Å². The van der Waals surface area contributed by atoms with Crippen molar-refractivity contribution in [2.75, 3.05) is 19.8 Å². The molecule has 17 heteroatoms. The van der Waals surface area contributed by atoms with E-state index in [4.69, 9.17) is 33.2 Å². The first-order chi connectivity index (χ1) is 30.4. The molecule has 3 saturated heterocycles. The molecule has 8 aliphatic rings. The molecular formula is C48H76O17. The molecule has 0 radical (unpaired) electrons. The van der Waals surface area contributed by atoms with E-state index in [-0.39, 0.29) is 59.2 Å². The topological polar surface area (TPSA) is 261 Å². The number of carbonyl (C=O) groups is 2. The third-order valence-corrected chi connectivity index (χ3v) is 19.0. The Bertz CT molecular complexity index is 1810. The Hall–Kier alpha value is -1.84. The van der Waals surface area contributed by atoms with Crippen LogP contribution >= 0.6 is 0 Å². The summed E-state index contributed by atoms with van der Waals surface area (Å²) < 4.78 is 41.4. The highest BCUT2D eigenvalue weighted by atomic mass is 16.8. The van der Waals surface area contributed by atoms with Crippen LogP contribution in [0.3, 0.4) is 0 Å². The molecule has 7 fully saturated rings. The van der Waals surface area contributed by atoms with E-state index in [2.05, 4.69) is 47.6 Å². The lowest BCUT2D eigenvalue weighted by molar-refractivity contribution is -0.379. The van der Waals surface area contributed by atoms with Gasteiger partial charge in [0.2, 0.25) is 0 Å². The van der Waals surface area contributed by atoms with Gasteiger partial charge in [0.1, 0.15) is 48.8 Å². The lowest BCUT2D eigenvalue weighted by atomic mass is 9.33. The Morgan fingerprint density at radius 1 is 0.738 bits per heavy atom. The van der Waals surface area contributed by atoms with Crippen molar-refractivity contribution in [3.05, 3.63) is 11.6 Å². The van der Waals surface area contributed by atoms with Crippen LogP contribution < -0.4 is 0 Å². The van der Waals surface area contributed by atoms with Crippen molar-refractivity contribution in [1.29, 1.82) is 0 Å². The van der Waals surface area contributed by atoms with Crippen LogP contribution in [0.15, 0.2) is 11.6 Å². The van der Waals surface area contributed by atoms with Crippen molar-refractivity contribution >= 4 is 11.9 Å². The summed E-state index contributed by atoms with van der Waals surface area (Å²) in [6.07, 6.45) is -9.35. The smallest absolute Gasteiger partial charge is 0.310 e. The number of fused-ring (bicyclic) bond motifs is 7. The van der Waals surface area contributed by atoms with Gasteiger partial charge < -0.3 is 74.0 Å². The molecule has 17 nitrogen and oxygen atoms in total. The van der Waals surface area contributed by atoms with Crippen molar-refractivity contribution < 1.29 is 83.6 Å². The van der Waals surface area contributed by atoms with Gasteiger partial charge in [-0.1, -0.05) is 53.2 Å². The minimum atomic E-state index is -1.76. The van der Waals surface area contributed by atoms with E-state index < -0.39 is 109 Å². The monoisotopic (exact) mass is 925 g/mol. The Kier molecular flexibility index (Phi) is 13.4. The number of esters is 1. The summed E-state index contributed by atoms with van der Waals surface area (Å²) in [5.41, 5.74) is -0.577. The molecule has 8 rings (SSSR count). The van der Waals surface area contributed by atoms with E-state index in [1.165, 1.54) is 12.5 Å². The molecule has 3 heterocycles. The van der Waals surface area contributed by atoms with Crippen LogP contribution in [-0.2, 0) is 42.7 Å². The molecule has 0 aromatic carbocycles. The molecule has 65 heavy (non-hydrogen) atoms.